The van der Waals surface area contributed by atoms with E-state index in [-0.39, 0.29) is 12.5 Å². The SMILES string of the molecule is CCN(CC)C(=O)CSc1nnc(COc2ccc(C)cc2)o1. The molecule has 1 aromatic carbocycles. The Balaban J connectivity index is 1.81. The van der Waals surface area contributed by atoms with Gasteiger partial charge in [-0.25, -0.2) is 0 Å². The largest absolute Gasteiger partial charge is 0.484 e. The van der Waals surface area contributed by atoms with E-state index in [4.69, 9.17) is 9.15 Å². The number of ether oxygens (including phenoxy) is 1. The molecular formula is C16H21N3O3S. The predicted molar refractivity (Wildman–Crippen MR) is 88.5 cm³/mol. The number of benzene rings is 1. The number of carbonyl (C=O) groups is 1. The Morgan fingerprint density at radius 1 is 1.22 bits per heavy atom. The van der Waals surface area contributed by atoms with Gasteiger partial charge in [-0.3, -0.25) is 4.79 Å². The van der Waals surface area contributed by atoms with Crippen LogP contribution in [0, 0.1) is 6.92 Å². The highest BCUT2D eigenvalue weighted by molar-refractivity contribution is 7.99. The third-order valence-electron chi connectivity index (χ3n) is 3.27. The van der Waals surface area contributed by atoms with Gasteiger partial charge in [0.05, 0.1) is 5.75 Å². The number of hydrogen-bond donors (Lipinski definition) is 0. The number of carbonyl (C=O) groups excluding carboxylic acids is 1. The topological polar surface area (TPSA) is 68.5 Å². The van der Waals surface area contributed by atoms with Gasteiger partial charge < -0.3 is 14.1 Å². The van der Waals surface area contributed by atoms with Crippen molar-refractivity contribution < 1.29 is 13.9 Å². The standard InChI is InChI=1S/C16H21N3O3S/c1-4-19(5-2)15(20)11-23-16-18-17-14(22-16)10-21-13-8-6-12(3)7-9-13/h6-9H,4-5,10-11H2,1-3H3. The van der Waals surface area contributed by atoms with Crippen LogP contribution in [0.3, 0.4) is 0 Å². The lowest BCUT2D eigenvalue weighted by Crippen LogP contribution is -2.31. The summed E-state index contributed by atoms with van der Waals surface area (Å²) in [6.45, 7) is 7.55. The first-order valence-corrected chi connectivity index (χ1v) is 8.53. The molecule has 2 aromatic rings. The van der Waals surface area contributed by atoms with Crippen molar-refractivity contribution >= 4 is 17.7 Å². The lowest BCUT2D eigenvalue weighted by molar-refractivity contribution is -0.127. The summed E-state index contributed by atoms with van der Waals surface area (Å²) in [7, 11) is 0. The molecule has 2 rings (SSSR count). The smallest absolute Gasteiger partial charge is 0.277 e. The van der Waals surface area contributed by atoms with E-state index in [1.807, 2.05) is 45.0 Å². The molecule has 0 radical (unpaired) electrons. The maximum absolute atomic E-state index is 11.9. The summed E-state index contributed by atoms with van der Waals surface area (Å²) in [5.74, 6) is 1.50. The molecule has 124 valence electrons. The molecule has 7 heteroatoms. The van der Waals surface area contributed by atoms with Crippen molar-refractivity contribution in [2.24, 2.45) is 0 Å². The van der Waals surface area contributed by atoms with E-state index >= 15 is 0 Å². The van der Waals surface area contributed by atoms with Crippen LogP contribution in [0.5, 0.6) is 5.75 Å². The van der Waals surface area contributed by atoms with Crippen LogP contribution in [0.2, 0.25) is 0 Å². The zero-order chi connectivity index (χ0) is 16.7. The van der Waals surface area contributed by atoms with Crippen LogP contribution in [0.4, 0.5) is 0 Å². The lowest BCUT2D eigenvalue weighted by atomic mass is 10.2. The van der Waals surface area contributed by atoms with Crippen molar-refractivity contribution in [2.75, 3.05) is 18.8 Å². The second-order valence-corrected chi connectivity index (χ2v) is 5.84. The molecule has 0 N–H and O–H groups in total. The van der Waals surface area contributed by atoms with Gasteiger partial charge in [-0.1, -0.05) is 29.5 Å². The molecule has 0 aliphatic carbocycles. The molecule has 0 aliphatic heterocycles. The van der Waals surface area contributed by atoms with Crippen LogP contribution in [0.25, 0.3) is 0 Å². The number of aryl methyl sites for hydroxylation is 1. The fourth-order valence-corrected chi connectivity index (χ4v) is 2.61. The van der Waals surface area contributed by atoms with Gasteiger partial charge in [-0.05, 0) is 32.9 Å². The number of hydrogen-bond acceptors (Lipinski definition) is 6. The van der Waals surface area contributed by atoms with E-state index in [1.54, 1.807) is 4.90 Å². The third-order valence-corrected chi connectivity index (χ3v) is 4.07. The first-order chi connectivity index (χ1) is 11.1. The van der Waals surface area contributed by atoms with Crippen molar-refractivity contribution in [3.8, 4) is 5.75 Å². The van der Waals surface area contributed by atoms with Crippen molar-refractivity contribution in [3.63, 3.8) is 0 Å². The molecule has 1 amide bonds. The molecule has 6 nitrogen and oxygen atoms in total. The maximum Gasteiger partial charge on any atom is 0.277 e. The highest BCUT2D eigenvalue weighted by Gasteiger charge is 2.13. The van der Waals surface area contributed by atoms with Gasteiger partial charge in [0.1, 0.15) is 5.75 Å². The summed E-state index contributed by atoms with van der Waals surface area (Å²) in [5, 5.41) is 8.23. The minimum atomic E-state index is 0.0654. The molecule has 0 unspecified atom stereocenters. The molecule has 23 heavy (non-hydrogen) atoms. The van der Waals surface area contributed by atoms with E-state index in [2.05, 4.69) is 10.2 Å². The quantitative estimate of drug-likeness (QED) is 0.691. The minimum absolute atomic E-state index is 0.0654. The maximum atomic E-state index is 11.9. The highest BCUT2D eigenvalue weighted by Crippen LogP contribution is 2.18. The molecule has 1 heterocycles. The van der Waals surface area contributed by atoms with E-state index in [0.29, 0.717) is 30.0 Å². The summed E-state index contributed by atoms with van der Waals surface area (Å²) in [6, 6.07) is 7.74. The number of nitrogens with zero attached hydrogens (tertiary/aromatic N) is 3. The Kier molecular flexibility index (Phi) is 6.46. The summed E-state index contributed by atoms with van der Waals surface area (Å²) >= 11 is 1.25. The third kappa shape index (κ3) is 5.28. The normalized spacial score (nSPS) is 10.6. The summed E-state index contributed by atoms with van der Waals surface area (Å²) in [6.07, 6.45) is 0. The van der Waals surface area contributed by atoms with E-state index < -0.39 is 0 Å². The van der Waals surface area contributed by atoms with Crippen molar-refractivity contribution in [1.29, 1.82) is 0 Å². The number of rotatable bonds is 8. The van der Waals surface area contributed by atoms with Gasteiger partial charge in [0.2, 0.25) is 5.91 Å². The van der Waals surface area contributed by atoms with Crippen LogP contribution >= 0.6 is 11.8 Å². The van der Waals surface area contributed by atoms with Gasteiger partial charge in [-0.2, -0.15) is 0 Å². The van der Waals surface area contributed by atoms with Crippen LogP contribution < -0.4 is 4.74 Å². The average Bonchev–Trinajstić information content (AvgIpc) is 3.01. The van der Waals surface area contributed by atoms with Crippen LogP contribution in [0.15, 0.2) is 33.9 Å². The van der Waals surface area contributed by atoms with Gasteiger partial charge >= 0.3 is 0 Å². The summed E-state index contributed by atoms with van der Waals surface area (Å²) in [4.78, 5) is 13.7. The van der Waals surface area contributed by atoms with Gasteiger partial charge in [0.25, 0.3) is 11.1 Å². The lowest BCUT2D eigenvalue weighted by Gasteiger charge is -2.17. The van der Waals surface area contributed by atoms with Crippen molar-refractivity contribution in [3.05, 3.63) is 35.7 Å². The average molecular weight is 335 g/mol. The first kappa shape index (κ1) is 17.3. The predicted octanol–water partition coefficient (Wildman–Crippen LogP) is 2.92. The van der Waals surface area contributed by atoms with Gasteiger partial charge in [0.15, 0.2) is 6.61 Å². The van der Waals surface area contributed by atoms with Gasteiger partial charge in [0, 0.05) is 13.1 Å². The van der Waals surface area contributed by atoms with Crippen LogP contribution in [-0.4, -0.2) is 39.8 Å². The zero-order valence-electron chi connectivity index (χ0n) is 13.6. The number of amides is 1. The van der Waals surface area contributed by atoms with Crippen molar-refractivity contribution in [1.82, 2.24) is 15.1 Å². The van der Waals surface area contributed by atoms with E-state index in [1.165, 1.54) is 17.3 Å². The Bertz CT molecular complexity index is 624. The van der Waals surface area contributed by atoms with Crippen molar-refractivity contribution in [2.45, 2.75) is 32.6 Å². The highest BCUT2D eigenvalue weighted by atomic mass is 32.2. The number of thioether (sulfide) groups is 1. The number of aromatic nitrogens is 2. The summed E-state index contributed by atoms with van der Waals surface area (Å²) in [5.41, 5.74) is 1.17. The monoisotopic (exact) mass is 335 g/mol. The Hall–Kier alpha value is -2.02. The Labute approximate surface area is 140 Å². The minimum Gasteiger partial charge on any atom is -0.484 e. The van der Waals surface area contributed by atoms with Crippen LogP contribution in [-0.2, 0) is 11.4 Å². The summed E-state index contributed by atoms with van der Waals surface area (Å²) < 4.78 is 11.0. The molecule has 0 aliphatic rings. The molecule has 0 bridgehead atoms. The van der Waals surface area contributed by atoms with E-state index in [9.17, 15) is 4.79 Å². The Morgan fingerprint density at radius 2 is 1.91 bits per heavy atom. The fourth-order valence-electron chi connectivity index (χ4n) is 1.93. The van der Waals surface area contributed by atoms with Crippen LogP contribution in [0.1, 0.15) is 25.3 Å². The zero-order valence-corrected chi connectivity index (χ0v) is 14.4. The second kappa shape index (κ2) is 8.57. The molecule has 0 saturated heterocycles. The van der Waals surface area contributed by atoms with Gasteiger partial charge in [-0.15, -0.1) is 10.2 Å². The Morgan fingerprint density at radius 3 is 2.57 bits per heavy atom. The molecule has 0 fully saturated rings. The molecule has 0 saturated carbocycles. The molecule has 0 atom stereocenters. The van der Waals surface area contributed by atoms with E-state index in [0.717, 1.165) is 5.75 Å². The fraction of sp³-hybridized carbons (Fsp3) is 0.438. The molecular weight excluding hydrogens is 314 g/mol. The first-order valence-electron chi connectivity index (χ1n) is 7.54. The molecule has 0 spiro atoms. The second-order valence-electron chi connectivity index (χ2n) is 4.92. The molecule has 1 aromatic heterocycles.